The van der Waals surface area contributed by atoms with Crippen LogP contribution in [-0.4, -0.2) is 16.3 Å². The topological polar surface area (TPSA) is 29.9 Å². The Hall–Kier alpha value is -0.830. The maximum Gasteiger partial charge on any atom is 0.0556 e. The van der Waals surface area contributed by atoms with Crippen molar-refractivity contribution in [2.75, 3.05) is 6.54 Å². The Bertz CT molecular complexity index is 391. The molecule has 120 valence electrons. The van der Waals surface area contributed by atoms with Gasteiger partial charge in [0.2, 0.25) is 0 Å². The van der Waals surface area contributed by atoms with Crippen molar-refractivity contribution < 1.29 is 0 Å². The van der Waals surface area contributed by atoms with Gasteiger partial charge in [0.05, 0.1) is 11.7 Å². The van der Waals surface area contributed by atoms with Gasteiger partial charge < -0.3 is 5.32 Å². The quantitative estimate of drug-likeness (QED) is 0.761. The molecule has 0 aromatic carbocycles. The Labute approximate surface area is 130 Å². The lowest BCUT2D eigenvalue weighted by Gasteiger charge is -2.34. The summed E-state index contributed by atoms with van der Waals surface area (Å²) in [6.07, 6.45) is 11.8. The molecule has 1 fully saturated rings. The van der Waals surface area contributed by atoms with Crippen molar-refractivity contribution in [2.24, 2.45) is 11.8 Å². The van der Waals surface area contributed by atoms with E-state index in [9.17, 15) is 0 Å². The number of nitrogens with zero attached hydrogens (tertiary/aromatic N) is 2. The highest BCUT2D eigenvalue weighted by Crippen LogP contribution is 2.38. The van der Waals surface area contributed by atoms with E-state index in [4.69, 9.17) is 0 Å². The number of aryl methyl sites for hydroxylation is 1. The Morgan fingerprint density at radius 2 is 2.00 bits per heavy atom. The third-order valence-electron chi connectivity index (χ3n) is 5.12. The predicted molar refractivity (Wildman–Crippen MR) is 89.3 cm³/mol. The molecule has 1 N–H and O–H groups in total. The number of hydrogen-bond donors (Lipinski definition) is 1. The maximum absolute atomic E-state index is 4.46. The van der Waals surface area contributed by atoms with Gasteiger partial charge in [-0.05, 0) is 44.2 Å². The summed E-state index contributed by atoms with van der Waals surface area (Å²) in [7, 11) is 0. The second-order valence-corrected chi connectivity index (χ2v) is 6.53. The number of unbranched alkanes of at least 4 members (excludes halogenated alkanes) is 1. The number of hydrogen-bond acceptors (Lipinski definition) is 2. The van der Waals surface area contributed by atoms with Gasteiger partial charge in [0, 0.05) is 12.7 Å². The first kappa shape index (κ1) is 16.5. The largest absolute Gasteiger partial charge is 0.309 e. The highest BCUT2D eigenvalue weighted by molar-refractivity contribution is 5.09. The van der Waals surface area contributed by atoms with Crippen LogP contribution < -0.4 is 5.32 Å². The van der Waals surface area contributed by atoms with Gasteiger partial charge in [0.1, 0.15) is 0 Å². The lowest BCUT2D eigenvalue weighted by atomic mass is 9.76. The summed E-state index contributed by atoms with van der Waals surface area (Å²) < 4.78 is 2.16. The Morgan fingerprint density at radius 3 is 2.62 bits per heavy atom. The molecule has 1 heterocycles. The van der Waals surface area contributed by atoms with Gasteiger partial charge in [0.25, 0.3) is 0 Å². The van der Waals surface area contributed by atoms with Crippen LogP contribution in [0, 0.1) is 11.8 Å². The fourth-order valence-corrected chi connectivity index (χ4v) is 3.91. The molecule has 3 nitrogen and oxygen atoms in total. The van der Waals surface area contributed by atoms with Crippen LogP contribution in [0.3, 0.4) is 0 Å². The highest BCUT2D eigenvalue weighted by Gasteiger charge is 2.29. The minimum atomic E-state index is 0.490. The summed E-state index contributed by atoms with van der Waals surface area (Å²) in [4.78, 5) is 0. The van der Waals surface area contributed by atoms with Gasteiger partial charge in [-0.3, -0.25) is 4.68 Å². The van der Waals surface area contributed by atoms with Gasteiger partial charge in [-0.15, -0.1) is 0 Å². The summed E-state index contributed by atoms with van der Waals surface area (Å²) >= 11 is 0. The van der Waals surface area contributed by atoms with Gasteiger partial charge >= 0.3 is 0 Å². The SMILES string of the molecule is CCCCC1CCC(C(NCC)c2ccnn2CC)CC1. The molecule has 1 aromatic heterocycles. The zero-order chi connectivity index (χ0) is 15.1. The van der Waals surface area contributed by atoms with Crippen LogP contribution >= 0.6 is 0 Å². The summed E-state index contributed by atoms with van der Waals surface area (Å²) in [5, 5.41) is 8.19. The second kappa shape index (κ2) is 8.57. The normalized spacial score (nSPS) is 24.1. The van der Waals surface area contributed by atoms with E-state index in [1.807, 2.05) is 6.20 Å². The summed E-state index contributed by atoms with van der Waals surface area (Å²) in [5.41, 5.74) is 1.39. The fourth-order valence-electron chi connectivity index (χ4n) is 3.91. The van der Waals surface area contributed by atoms with Crippen molar-refractivity contribution in [2.45, 2.75) is 78.3 Å². The Kier molecular flexibility index (Phi) is 6.75. The predicted octanol–water partition coefficient (Wildman–Crippen LogP) is 4.55. The van der Waals surface area contributed by atoms with Crippen molar-refractivity contribution in [3.05, 3.63) is 18.0 Å². The Balaban J connectivity index is 1.97. The van der Waals surface area contributed by atoms with Crippen molar-refractivity contribution in [3.63, 3.8) is 0 Å². The molecule has 1 saturated carbocycles. The smallest absolute Gasteiger partial charge is 0.0556 e. The summed E-state index contributed by atoms with van der Waals surface area (Å²) in [6.45, 7) is 8.71. The van der Waals surface area contributed by atoms with E-state index in [2.05, 4.69) is 41.9 Å². The number of aromatic nitrogens is 2. The molecule has 0 spiro atoms. The molecular formula is C18H33N3. The highest BCUT2D eigenvalue weighted by atomic mass is 15.3. The molecule has 21 heavy (non-hydrogen) atoms. The van der Waals surface area contributed by atoms with Gasteiger partial charge in [0.15, 0.2) is 0 Å². The van der Waals surface area contributed by atoms with Gasteiger partial charge in [-0.25, -0.2) is 0 Å². The molecule has 3 heteroatoms. The molecule has 1 unspecified atom stereocenters. The lowest BCUT2D eigenvalue weighted by molar-refractivity contribution is 0.208. The molecule has 0 aliphatic heterocycles. The van der Waals surface area contributed by atoms with E-state index >= 15 is 0 Å². The minimum absolute atomic E-state index is 0.490. The van der Waals surface area contributed by atoms with E-state index in [1.54, 1.807) is 0 Å². The van der Waals surface area contributed by atoms with Gasteiger partial charge in [-0.1, -0.05) is 46.0 Å². The van der Waals surface area contributed by atoms with E-state index in [1.165, 1.54) is 50.6 Å². The molecular weight excluding hydrogens is 258 g/mol. The van der Waals surface area contributed by atoms with Crippen molar-refractivity contribution in [1.29, 1.82) is 0 Å². The van der Waals surface area contributed by atoms with Crippen molar-refractivity contribution >= 4 is 0 Å². The summed E-state index contributed by atoms with van der Waals surface area (Å²) in [5.74, 6) is 1.77. The lowest BCUT2D eigenvalue weighted by Crippen LogP contribution is -2.32. The number of nitrogens with one attached hydrogen (secondary N) is 1. The molecule has 1 atom stereocenters. The number of rotatable bonds is 8. The Morgan fingerprint density at radius 1 is 1.24 bits per heavy atom. The standard InChI is InChI=1S/C18H33N3/c1-4-7-8-15-9-11-16(12-10-15)18(19-5-2)17-13-14-20-21(17)6-3/h13-16,18-19H,4-12H2,1-3H3. The van der Waals surface area contributed by atoms with Crippen LogP contribution in [0.25, 0.3) is 0 Å². The fraction of sp³-hybridized carbons (Fsp3) is 0.833. The van der Waals surface area contributed by atoms with Crippen LogP contribution in [0.1, 0.15) is 77.5 Å². The zero-order valence-corrected chi connectivity index (χ0v) is 14.1. The maximum atomic E-state index is 4.46. The van der Waals surface area contributed by atoms with Crippen LogP contribution in [0.5, 0.6) is 0 Å². The molecule has 0 amide bonds. The van der Waals surface area contributed by atoms with E-state index in [0.29, 0.717) is 6.04 Å². The molecule has 0 saturated heterocycles. The molecule has 1 aliphatic rings. The molecule has 1 aromatic rings. The van der Waals surface area contributed by atoms with Crippen LogP contribution in [0.4, 0.5) is 0 Å². The third-order valence-corrected chi connectivity index (χ3v) is 5.12. The third kappa shape index (κ3) is 4.32. The molecule has 0 bridgehead atoms. The van der Waals surface area contributed by atoms with Crippen molar-refractivity contribution in [1.82, 2.24) is 15.1 Å². The average Bonchev–Trinajstić information content (AvgIpc) is 2.99. The first-order chi connectivity index (χ1) is 10.3. The van der Waals surface area contributed by atoms with Crippen LogP contribution in [0.15, 0.2) is 12.3 Å². The van der Waals surface area contributed by atoms with E-state index in [0.717, 1.165) is 24.9 Å². The second-order valence-electron chi connectivity index (χ2n) is 6.53. The molecule has 1 aliphatic carbocycles. The van der Waals surface area contributed by atoms with Crippen molar-refractivity contribution in [3.8, 4) is 0 Å². The van der Waals surface area contributed by atoms with Crippen LogP contribution in [0.2, 0.25) is 0 Å². The summed E-state index contributed by atoms with van der Waals surface area (Å²) in [6, 6.07) is 2.70. The van der Waals surface area contributed by atoms with E-state index in [-0.39, 0.29) is 0 Å². The first-order valence-electron chi connectivity index (χ1n) is 9.05. The van der Waals surface area contributed by atoms with Gasteiger partial charge in [-0.2, -0.15) is 5.10 Å². The molecule has 0 radical (unpaired) electrons. The van der Waals surface area contributed by atoms with E-state index < -0.39 is 0 Å². The first-order valence-corrected chi connectivity index (χ1v) is 9.05. The molecule has 2 rings (SSSR count). The average molecular weight is 291 g/mol. The minimum Gasteiger partial charge on any atom is -0.309 e. The monoisotopic (exact) mass is 291 g/mol. The van der Waals surface area contributed by atoms with Crippen LogP contribution in [-0.2, 0) is 6.54 Å². The zero-order valence-electron chi connectivity index (χ0n) is 14.1.